The molecular weight excluding hydrogens is 208 g/mol. The Morgan fingerprint density at radius 2 is 2.07 bits per heavy atom. The average molecular weight is 219 g/mol. The van der Waals surface area contributed by atoms with Gasteiger partial charge in [-0.3, -0.25) is 0 Å². The SMILES string of the molecule is C1=CN2CC=NC2=c2ccccc2=C1.Cl. The van der Waals surface area contributed by atoms with E-state index in [0.29, 0.717) is 0 Å². The molecule has 0 spiro atoms. The summed E-state index contributed by atoms with van der Waals surface area (Å²) < 4.78 is 0. The lowest BCUT2D eigenvalue weighted by Crippen LogP contribution is -2.28. The molecule has 3 rings (SSSR count). The molecule has 2 heterocycles. The zero-order chi connectivity index (χ0) is 9.38. The van der Waals surface area contributed by atoms with Gasteiger partial charge in [-0.2, -0.15) is 0 Å². The highest BCUT2D eigenvalue weighted by atomic mass is 35.5. The Bertz CT molecular complexity index is 543. The molecule has 0 bridgehead atoms. The van der Waals surface area contributed by atoms with E-state index in [2.05, 4.69) is 52.5 Å². The van der Waals surface area contributed by atoms with E-state index in [1.54, 1.807) is 0 Å². The molecule has 15 heavy (non-hydrogen) atoms. The van der Waals surface area contributed by atoms with Crippen molar-refractivity contribution in [1.82, 2.24) is 4.90 Å². The van der Waals surface area contributed by atoms with E-state index in [0.717, 1.165) is 12.4 Å². The summed E-state index contributed by atoms with van der Waals surface area (Å²) in [6.45, 7) is 0.883. The van der Waals surface area contributed by atoms with E-state index in [1.807, 2.05) is 6.21 Å². The first-order valence-electron chi connectivity index (χ1n) is 4.72. The normalized spacial score (nSPS) is 16.3. The Morgan fingerprint density at radius 3 is 3.00 bits per heavy atom. The third-order valence-electron chi connectivity index (χ3n) is 2.51. The van der Waals surface area contributed by atoms with E-state index >= 15 is 0 Å². The van der Waals surface area contributed by atoms with Crippen LogP contribution in [0.4, 0.5) is 0 Å². The van der Waals surface area contributed by atoms with Crippen molar-refractivity contribution in [2.75, 3.05) is 6.54 Å². The molecule has 1 aromatic carbocycles. The number of aliphatic imine (C=N–C) groups is 1. The highest BCUT2D eigenvalue weighted by Gasteiger charge is 2.11. The lowest BCUT2D eigenvalue weighted by Gasteiger charge is -2.10. The second kappa shape index (κ2) is 3.91. The predicted octanol–water partition coefficient (Wildman–Crippen LogP) is 0.868. The van der Waals surface area contributed by atoms with Crippen molar-refractivity contribution in [1.29, 1.82) is 0 Å². The van der Waals surface area contributed by atoms with Crippen LogP contribution >= 0.6 is 12.4 Å². The molecule has 0 saturated carbocycles. The summed E-state index contributed by atoms with van der Waals surface area (Å²) in [5.41, 5.74) is 0. The summed E-state index contributed by atoms with van der Waals surface area (Å²) >= 11 is 0. The van der Waals surface area contributed by atoms with Crippen LogP contribution in [0.25, 0.3) is 11.9 Å². The van der Waals surface area contributed by atoms with Gasteiger partial charge in [0.1, 0.15) is 5.82 Å². The van der Waals surface area contributed by atoms with Crippen LogP contribution in [0.3, 0.4) is 0 Å². The van der Waals surface area contributed by atoms with Crippen LogP contribution < -0.4 is 10.4 Å². The molecule has 0 saturated heterocycles. The molecule has 76 valence electrons. The number of fused-ring (bicyclic) bond motifs is 2. The zero-order valence-corrected chi connectivity index (χ0v) is 8.95. The molecule has 0 amide bonds. The molecule has 0 radical (unpaired) electrons. The molecule has 0 aliphatic carbocycles. The minimum absolute atomic E-state index is 0. The van der Waals surface area contributed by atoms with Crippen molar-refractivity contribution in [3.05, 3.63) is 47.0 Å². The van der Waals surface area contributed by atoms with Crippen molar-refractivity contribution in [3.8, 4) is 0 Å². The topological polar surface area (TPSA) is 15.6 Å². The number of hydrogen-bond donors (Lipinski definition) is 0. The van der Waals surface area contributed by atoms with Crippen molar-refractivity contribution < 1.29 is 0 Å². The maximum atomic E-state index is 4.41. The first kappa shape index (κ1) is 9.99. The Kier molecular flexibility index (Phi) is 2.60. The van der Waals surface area contributed by atoms with Crippen LogP contribution in [0, 0.1) is 0 Å². The van der Waals surface area contributed by atoms with Gasteiger partial charge in [-0.25, -0.2) is 4.99 Å². The van der Waals surface area contributed by atoms with Gasteiger partial charge in [-0.15, -0.1) is 12.4 Å². The molecule has 0 N–H and O–H groups in total. The van der Waals surface area contributed by atoms with Gasteiger partial charge in [0.2, 0.25) is 0 Å². The van der Waals surface area contributed by atoms with E-state index < -0.39 is 0 Å². The second-order valence-electron chi connectivity index (χ2n) is 3.38. The van der Waals surface area contributed by atoms with Crippen LogP contribution in [0.15, 0.2) is 41.5 Å². The minimum atomic E-state index is 0. The number of benzene rings is 1. The Balaban J connectivity index is 0.000000853. The lowest BCUT2D eigenvalue weighted by molar-refractivity contribution is 0.622. The second-order valence-corrected chi connectivity index (χ2v) is 3.38. The molecule has 2 aliphatic rings. The van der Waals surface area contributed by atoms with Crippen molar-refractivity contribution in [3.63, 3.8) is 0 Å². The summed E-state index contributed by atoms with van der Waals surface area (Å²) in [5, 5.41) is 2.45. The van der Waals surface area contributed by atoms with E-state index in [9.17, 15) is 0 Å². The van der Waals surface area contributed by atoms with E-state index in [4.69, 9.17) is 0 Å². The van der Waals surface area contributed by atoms with Gasteiger partial charge in [0.25, 0.3) is 0 Å². The van der Waals surface area contributed by atoms with Crippen LogP contribution in [0.5, 0.6) is 0 Å². The third kappa shape index (κ3) is 1.57. The molecule has 2 aliphatic heterocycles. The number of hydrogen-bond acceptors (Lipinski definition) is 2. The van der Waals surface area contributed by atoms with Gasteiger partial charge in [-0.1, -0.05) is 30.3 Å². The summed E-state index contributed by atoms with van der Waals surface area (Å²) in [4.78, 5) is 6.56. The molecule has 0 fully saturated rings. The van der Waals surface area contributed by atoms with Crippen molar-refractivity contribution >= 4 is 30.5 Å². The molecule has 1 aromatic rings. The zero-order valence-electron chi connectivity index (χ0n) is 8.13. The fraction of sp³-hybridized carbons (Fsp3) is 0.0833. The van der Waals surface area contributed by atoms with Crippen LogP contribution in [-0.4, -0.2) is 17.7 Å². The Labute approximate surface area is 94.3 Å². The average Bonchev–Trinajstić information content (AvgIpc) is 2.61. The minimum Gasteiger partial charge on any atom is -0.327 e. The molecule has 3 heteroatoms. The van der Waals surface area contributed by atoms with Gasteiger partial charge < -0.3 is 4.90 Å². The van der Waals surface area contributed by atoms with Gasteiger partial charge in [0, 0.05) is 17.6 Å². The first-order chi connectivity index (χ1) is 6.95. The third-order valence-corrected chi connectivity index (χ3v) is 2.51. The van der Waals surface area contributed by atoms with Gasteiger partial charge in [0.05, 0.1) is 6.54 Å². The smallest absolute Gasteiger partial charge is 0.140 e. The Morgan fingerprint density at radius 1 is 1.20 bits per heavy atom. The monoisotopic (exact) mass is 218 g/mol. The lowest BCUT2D eigenvalue weighted by atomic mass is 10.2. The first-order valence-corrected chi connectivity index (χ1v) is 4.72. The molecule has 2 nitrogen and oxygen atoms in total. The van der Waals surface area contributed by atoms with E-state index in [-0.39, 0.29) is 12.4 Å². The fourth-order valence-corrected chi connectivity index (χ4v) is 1.83. The number of halogens is 1. The number of rotatable bonds is 0. The van der Waals surface area contributed by atoms with Gasteiger partial charge >= 0.3 is 0 Å². The summed E-state index contributed by atoms with van der Waals surface area (Å²) in [5.74, 6) is 1.06. The molecule has 0 aromatic heterocycles. The fourth-order valence-electron chi connectivity index (χ4n) is 1.83. The maximum absolute atomic E-state index is 4.41. The summed E-state index contributed by atoms with van der Waals surface area (Å²) in [6, 6.07) is 8.34. The molecular formula is C12H11ClN2. The summed E-state index contributed by atoms with van der Waals surface area (Å²) in [6.07, 6.45) is 8.21. The van der Waals surface area contributed by atoms with Crippen molar-refractivity contribution in [2.45, 2.75) is 0 Å². The molecule has 0 unspecified atom stereocenters. The van der Waals surface area contributed by atoms with Crippen LogP contribution in [-0.2, 0) is 0 Å². The predicted molar refractivity (Wildman–Crippen MR) is 65.2 cm³/mol. The van der Waals surface area contributed by atoms with Gasteiger partial charge in [0.15, 0.2) is 0 Å². The van der Waals surface area contributed by atoms with Crippen LogP contribution in [0.2, 0.25) is 0 Å². The highest BCUT2D eigenvalue weighted by Crippen LogP contribution is 2.11. The number of allylic oxidation sites excluding steroid dienone is 1. The summed E-state index contributed by atoms with van der Waals surface area (Å²) in [7, 11) is 0. The maximum Gasteiger partial charge on any atom is 0.140 e. The number of nitrogens with zero attached hydrogens (tertiary/aromatic N) is 2. The largest absolute Gasteiger partial charge is 0.327 e. The quantitative estimate of drug-likeness (QED) is 0.631. The van der Waals surface area contributed by atoms with Crippen LogP contribution in [0.1, 0.15) is 0 Å². The van der Waals surface area contributed by atoms with Crippen molar-refractivity contribution in [2.24, 2.45) is 4.99 Å². The van der Waals surface area contributed by atoms with Gasteiger partial charge in [-0.05, 0) is 11.3 Å². The van der Waals surface area contributed by atoms with E-state index in [1.165, 1.54) is 10.4 Å². The highest BCUT2D eigenvalue weighted by molar-refractivity contribution is 5.85. The standard InChI is InChI=1S/C12H10N2.ClH/c1-2-6-11-10(4-1)5-3-8-14-9-7-13-12(11)14;/h1-8H,9H2;1H. The molecule has 0 atom stereocenters. The Hall–Kier alpha value is -1.54.